The Bertz CT molecular complexity index is 634. The van der Waals surface area contributed by atoms with E-state index in [-0.39, 0.29) is 29.1 Å². The second kappa shape index (κ2) is 5.33. The van der Waals surface area contributed by atoms with E-state index in [1.165, 1.54) is 0 Å². The number of aliphatic hydroxyl groups is 2. The van der Waals surface area contributed by atoms with E-state index >= 15 is 0 Å². The maximum absolute atomic E-state index is 12.2. The van der Waals surface area contributed by atoms with Gasteiger partial charge in [-0.2, -0.15) is 0 Å². The summed E-state index contributed by atoms with van der Waals surface area (Å²) < 4.78 is 6.14. The van der Waals surface area contributed by atoms with E-state index in [4.69, 9.17) is 4.74 Å². The summed E-state index contributed by atoms with van der Waals surface area (Å²) in [7, 11) is 0. The first-order valence-corrected chi connectivity index (χ1v) is 10.9. The number of rotatable bonds is 3. The van der Waals surface area contributed by atoms with Crippen molar-refractivity contribution in [1.82, 2.24) is 0 Å². The molecule has 4 saturated carbocycles. The van der Waals surface area contributed by atoms with E-state index in [9.17, 15) is 15.0 Å². The van der Waals surface area contributed by atoms with Gasteiger partial charge < -0.3 is 14.9 Å². The van der Waals surface area contributed by atoms with Crippen LogP contribution in [0.2, 0.25) is 0 Å². The molecule has 8 atom stereocenters. The van der Waals surface area contributed by atoms with Crippen molar-refractivity contribution in [2.75, 3.05) is 6.61 Å². The van der Waals surface area contributed by atoms with Gasteiger partial charge in [-0.3, -0.25) is 4.79 Å². The molecule has 0 aromatic rings. The standard InChI is InChI=1S/C22H34O4/c1-19-9-5-16-14(15(19)6-11-21(19,25)8-3-13-23)4-12-22-18(26-22)17(24)7-10-20(16,22)2/h14-16,18,23,25H,3-13H2,1-2H3/t14-,15-,16-,18?,19-,20+,21-,22-/m0/s1. The Kier molecular flexibility index (Phi) is 3.61. The normalized spacial score (nSPS) is 57.8. The van der Waals surface area contributed by atoms with Crippen molar-refractivity contribution in [3.05, 3.63) is 0 Å². The molecule has 0 aromatic carbocycles. The van der Waals surface area contributed by atoms with E-state index < -0.39 is 5.60 Å². The maximum atomic E-state index is 12.2. The van der Waals surface area contributed by atoms with Gasteiger partial charge in [0.1, 0.15) is 11.7 Å². The van der Waals surface area contributed by atoms with Crippen LogP contribution in [-0.2, 0) is 9.53 Å². The molecule has 2 N–H and O–H groups in total. The van der Waals surface area contributed by atoms with Crippen LogP contribution in [0.25, 0.3) is 0 Å². The predicted octanol–water partition coefficient (Wildman–Crippen LogP) is 3.23. The number of Topliss-reactive ketones (excluding diaryl/α,β-unsaturated/α-hetero) is 1. The molecule has 4 aliphatic carbocycles. The van der Waals surface area contributed by atoms with Crippen LogP contribution in [0.3, 0.4) is 0 Å². The predicted molar refractivity (Wildman–Crippen MR) is 97.5 cm³/mol. The second-order valence-electron chi connectivity index (χ2n) is 10.5. The van der Waals surface area contributed by atoms with Crippen LogP contribution in [0.1, 0.15) is 78.1 Å². The van der Waals surface area contributed by atoms with Gasteiger partial charge in [0.05, 0.1) is 5.60 Å². The minimum absolute atomic E-state index is 0.0154. The summed E-state index contributed by atoms with van der Waals surface area (Å²) >= 11 is 0. The van der Waals surface area contributed by atoms with Crippen LogP contribution in [0.5, 0.6) is 0 Å². The van der Waals surface area contributed by atoms with Crippen LogP contribution in [0.4, 0.5) is 0 Å². The molecule has 146 valence electrons. The molecule has 5 aliphatic rings. The van der Waals surface area contributed by atoms with Crippen LogP contribution >= 0.6 is 0 Å². The highest BCUT2D eigenvalue weighted by Gasteiger charge is 2.77. The molecular weight excluding hydrogens is 328 g/mol. The first-order valence-electron chi connectivity index (χ1n) is 10.9. The maximum Gasteiger partial charge on any atom is 0.164 e. The Labute approximate surface area is 156 Å². The van der Waals surface area contributed by atoms with Crippen LogP contribution in [-0.4, -0.2) is 39.9 Å². The molecule has 1 saturated heterocycles. The molecular formula is C22H34O4. The lowest BCUT2D eigenvalue weighted by Crippen LogP contribution is -2.59. The van der Waals surface area contributed by atoms with Crippen molar-refractivity contribution in [3.8, 4) is 0 Å². The molecule has 1 heterocycles. The summed E-state index contributed by atoms with van der Waals surface area (Å²) in [5.74, 6) is 2.20. The van der Waals surface area contributed by atoms with Gasteiger partial charge in [-0.05, 0) is 81.0 Å². The summed E-state index contributed by atoms with van der Waals surface area (Å²) in [4.78, 5) is 12.2. The van der Waals surface area contributed by atoms with E-state index in [0.29, 0.717) is 36.4 Å². The Morgan fingerprint density at radius 3 is 2.54 bits per heavy atom. The fraction of sp³-hybridized carbons (Fsp3) is 0.955. The molecule has 1 aliphatic heterocycles. The number of ketones is 1. The average molecular weight is 363 g/mol. The molecule has 5 fully saturated rings. The Hall–Kier alpha value is -0.450. The highest BCUT2D eigenvalue weighted by atomic mass is 16.6. The third kappa shape index (κ3) is 1.89. The number of ether oxygens (including phenoxy) is 1. The number of hydrogen-bond acceptors (Lipinski definition) is 4. The van der Waals surface area contributed by atoms with Gasteiger partial charge in [0.15, 0.2) is 5.78 Å². The van der Waals surface area contributed by atoms with Gasteiger partial charge >= 0.3 is 0 Å². The van der Waals surface area contributed by atoms with Gasteiger partial charge in [0.25, 0.3) is 0 Å². The summed E-state index contributed by atoms with van der Waals surface area (Å²) in [6, 6.07) is 0. The van der Waals surface area contributed by atoms with Crippen molar-refractivity contribution in [2.45, 2.75) is 95.4 Å². The highest BCUT2D eigenvalue weighted by molar-refractivity contribution is 5.88. The number of aliphatic hydroxyl groups excluding tert-OH is 1. The summed E-state index contributed by atoms with van der Waals surface area (Å²) in [6.07, 6.45) is 9.41. The molecule has 26 heavy (non-hydrogen) atoms. The number of carbonyl (C=O) groups excluding carboxylic acids is 1. The van der Waals surface area contributed by atoms with Crippen molar-refractivity contribution in [2.24, 2.45) is 28.6 Å². The minimum Gasteiger partial charge on any atom is -0.396 e. The highest BCUT2D eigenvalue weighted by Crippen LogP contribution is 2.73. The van der Waals surface area contributed by atoms with Crippen LogP contribution < -0.4 is 0 Å². The fourth-order valence-electron chi connectivity index (χ4n) is 8.39. The molecule has 1 spiro atoms. The van der Waals surface area contributed by atoms with Crippen molar-refractivity contribution in [1.29, 1.82) is 0 Å². The van der Waals surface area contributed by atoms with Gasteiger partial charge in [0.2, 0.25) is 0 Å². The number of epoxide rings is 1. The van der Waals surface area contributed by atoms with Gasteiger partial charge in [-0.25, -0.2) is 0 Å². The van der Waals surface area contributed by atoms with E-state index in [2.05, 4.69) is 13.8 Å². The third-order valence-electron chi connectivity index (χ3n) is 10.0. The number of hydrogen-bond donors (Lipinski definition) is 2. The molecule has 0 radical (unpaired) electrons. The molecule has 4 nitrogen and oxygen atoms in total. The zero-order chi connectivity index (χ0) is 18.4. The van der Waals surface area contributed by atoms with Gasteiger partial charge in [-0.15, -0.1) is 0 Å². The number of fused-ring (bicyclic) bond motifs is 4. The lowest BCUT2D eigenvalue weighted by atomic mass is 9.44. The molecule has 5 rings (SSSR count). The van der Waals surface area contributed by atoms with Crippen LogP contribution in [0.15, 0.2) is 0 Å². The summed E-state index contributed by atoms with van der Waals surface area (Å²) in [6.45, 7) is 4.90. The lowest BCUT2D eigenvalue weighted by molar-refractivity contribution is -0.156. The average Bonchev–Trinajstić information content (AvgIpc) is 3.31. The van der Waals surface area contributed by atoms with E-state index in [0.717, 1.165) is 51.4 Å². The Balaban J connectivity index is 1.44. The first kappa shape index (κ1) is 17.6. The smallest absolute Gasteiger partial charge is 0.164 e. The molecule has 1 unspecified atom stereocenters. The second-order valence-corrected chi connectivity index (χ2v) is 10.5. The zero-order valence-electron chi connectivity index (χ0n) is 16.3. The molecule has 0 aromatic heterocycles. The van der Waals surface area contributed by atoms with E-state index in [1.54, 1.807) is 0 Å². The molecule has 0 bridgehead atoms. The topological polar surface area (TPSA) is 70.1 Å². The van der Waals surface area contributed by atoms with E-state index in [1.807, 2.05) is 0 Å². The number of carbonyl (C=O) groups is 1. The monoisotopic (exact) mass is 362 g/mol. The Morgan fingerprint density at radius 2 is 1.77 bits per heavy atom. The third-order valence-corrected chi connectivity index (χ3v) is 10.0. The minimum atomic E-state index is -0.609. The van der Waals surface area contributed by atoms with Gasteiger partial charge in [-0.1, -0.05) is 13.8 Å². The van der Waals surface area contributed by atoms with Crippen LogP contribution in [0, 0.1) is 28.6 Å². The molecule has 4 heteroatoms. The summed E-state index contributed by atoms with van der Waals surface area (Å²) in [5.41, 5.74) is -0.633. The van der Waals surface area contributed by atoms with Gasteiger partial charge in [0, 0.05) is 18.4 Å². The first-order chi connectivity index (χ1) is 12.3. The molecule has 0 amide bonds. The largest absolute Gasteiger partial charge is 0.396 e. The fourth-order valence-corrected chi connectivity index (χ4v) is 8.39. The van der Waals surface area contributed by atoms with Crippen molar-refractivity contribution in [3.63, 3.8) is 0 Å². The SMILES string of the molecule is C[C@]12CC[C@H]3[C@@H](CC[C@]45OC4C(=O)CC[C@]35C)[C@@H]1CC[C@@]2(O)CCCO. The Morgan fingerprint density at radius 1 is 1.04 bits per heavy atom. The zero-order valence-corrected chi connectivity index (χ0v) is 16.3. The summed E-state index contributed by atoms with van der Waals surface area (Å²) in [5, 5.41) is 20.8. The van der Waals surface area contributed by atoms with Crippen molar-refractivity contribution < 1.29 is 19.7 Å². The van der Waals surface area contributed by atoms with Crippen molar-refractivity contribution >= 4 is 5.78 Å². The lowest BCUT2D eigenvalue weighted by Gasteiger charge is -2.60. The quantitative estimate of drug-likeness (QED) is 0.756.